The summed E-state index contributed by atoms with van der Waals surface area (Å²) in [5.41, 5.74) is 4.62. The van der Waals surface area contributed by atoms with Crippen molar-refractivity contribution >= 4 is 39.2 Å². The highest BCUT2D eigenvalue weighted by atomic mass is 35.5. The Labute approximate surface area is 167 Å². The number of methoxy groups -OCH3 is 1. The van der Waals surface area contributed by atoms with E-state index in [4.69, 9.17) is 16.3 Å². The molecule has 0 bridgehead atoms. The number of ether oxygens (including phenoxy) is 1. The second-order valence-electron chi connectivity index (χ2n) is 5.36. The minimum absolute atomic E-state index is 0.0422. The number of carbonyl (C=O) groups is 2. The molecular formula is C17H19ClN4O5S. The molecule has 0 aromatic heterocycles. The van der Waals surface area contributed by atoms with E-state index >= 15 is 0 Å². The molecule has 0 aliphatic rings. The number of para-hydroxylation sites is 2. The van der Waals surface area contributed by atoms with Gasteiger partial charge in [0, 0.05) is 18.0 Å². The third-order valence-corrected chi connectivity index (χ3v) is 4.98. The van der Waals surface area contributed by atoms with Crippen molar-refractivity contribution in [2.24, 2.45) is 0 Å². The maximum atomic E-state index is 12.6. The first-order valence-electron chi connectivity index (χ1n) is 8.03. The van der Waals surface area contributed by atoms with E-state index in [2.05, 4.69) is 20.9 Å². The topological polar surface area (TPSA) is 126 Å². The quantitative estimate of drug-likeness (QED) is 0.396. The van der Waals surface area contributed by atoms with Crippen LogP contribution in [0, 0.1) is 0 Å². The van der Waals surface area contributed by atoms with Crippen molar-refractivity contribution in [2.45, 2.75) is 4.90 Å². The zero-order chi connectivity index (χ0) is 20.6. The number of benzene rings is 2. The molecule has 0 heterocycles. The molecule has 4 N–H and O–H groups in total. The van der Waals surface area contributed by atoms with Gasteiger partial charge in [0.2, 0.25) is 0 Å². The third-order valence-electron chi connectivity index (χ3n) is 3.43. The Bertz CT molecular complexity index is 952. The van der Waals surface area contributed by atoms with Gasteiger partial charge in [0.25, 0.3) is 15.9 Å². The molecular weight excluding hydrogens is 408 g/mol. The summed E-state index contributed by atoms with van der Waals surface area (Å²) < 4.78 is 32.8. The summed E-state index contributed by atoms with van der Waals surface area (Å²) in [6.07, 6.45) is 0. The average molecular weight is 427 g/mol. The van der Waals surface area contributed by atoms with Crippen LogP contribution in [-0.4, -0.2) is 39.9 Å². The molecule has 0 radical (unpaired) electrons. The highest BCUT2D eigenvalue weighted by Gasteiger charge is 2.18. The standard InChI is InChI=1S/C17H19ClN4O5S/c1-27-15-8-3-2-7-14(15)22-28(25,26)13-6-4-5-12(11-13)16(23)20-21-17(24)19-10-9-18/h2-8,11,22H,9-10H2,1H3,(H,20,23)(H2,19,21,24). The number of hydrogen-bond acceptors (Lipinski definition) is 5. The fraction of sp³-hybridized carbons (Fsp3) is 0.176. The van der Waals surface area contributed by atoms with Crippen molar-refractivity contribution in [3.63, 3.8) is 0 Å². The zero-order valence-corrected chi connectivity index (χ0v) is 16.4. The molecule has 9 nitrogen and oxygen atoms in total. The fourth-order valence-corrected chi connectivity index (χ4v) is 3.34. The van der Waals surface area contributed by atoms with E-state index in [9.17, 15) is 18.0 Å². The first-order valence-corrected chi connectivity index (χ1v) is 10.0. The Morgan fingerprint density at radius 3 is 2.54 bits per heavy atom. The molecule has 0 unspecified atom stereocenters. The molecule has 2 aromatic carbocycles. The Kier molecular flexibility index (Phi) is 7.47. The lowest BCUT2D eigenvalue weighted by molar-refractivity contribution is 0.0936. The lowest BCUT2D eigenvalue weighted by Gasteiger charge is -2.12. The molecule has 0 spiro atoms. The number of hydrazine groups is 1. The first-order chi connectivity index (χ1) is 13.4. The first kappa shape index (κ1) is 21.3. The van der Waals surface area contributed by atoms with Crippen molar-refractivity contribution in [1.82, 2.24) is 16.2 Å². The summed E-state index contributed by atoms with van der Waals surface area (Å²) in [5, 5.41) is 2.40. The number of hydrogen-bond donors (Lipinski definition) is 4. The number of rotatable bonds is 7. The van der Waals surface area contributed by atoms with Gasteiger partial charge in [0.15, 0.2) is 0 Å². The van der Waals surface area contributed by atoms with Crippen LogP contribution in [0.25, 0.3) is 0 Å². The number of carbonyl (C=O) groups excluding carboxylic acids is 2. The minimum atomic E-state index is -3.97. The van der Waals surface area contributed by atoms with Crippen LogP contribution in [-0.2, 0) is 10.0 Å². The summed E-state index contributed by atoms with van der Waals surface area (Å²) in [4.78, 5) is 23.4. The Hall–Kier alpha value is -2.98. The Balaban J connectivity index is 2.12. The number of urea groups is 1. The van der Waals surface area contributed by atoms with Crippen molar-refractivity contribution in [3.8, 4) is 5.75 Å². The van der Waals surface area contributed by atoms with Crippen molar-refractivity contribution in [1.29, 1.82) is 0 Å². The molecule has 3 amide bonds. The molecule has 2 aromatic rings. The summed E-state index contributed by atoms with van der Waals surface area (Å²) in [6.45, 7) is 0.228. The van der Waals surface area contributed by atoms with Gasteiger partial charge in [-0.05, 0) is 30.3 Å². The van der Waals surface area contributed by atoms with Gasteiger partial charge in [-0.1, -0.05) is 18.2 Å². The van der Waals surface area contributed by atoms with Gasteiger partial charge in [-0.15, -0.1) is 11.6 Å². The summed E-state index contributed by atoms with van der Waals surface area (Å²) >= 11 is 5.44. The summed E-state index contributed by atoms with van der Waals surface area (Å²) in [7, 11) is -2.54. The predicted octanol–water partition coefficient (Wildman–Crippen LogP) is 1.68. The van der Waals surface area contributed by atoms with Crippen molar-refractivity contribution < 1.29 is 22.7 Å². The number of anilines is 1. The van der Waals surface area contributed by atoms with E-state index in [1.807, 2.05) is 0 Å². The van der Waals surface area contributed by atoms with Gasteiger partial charge in [0.1, 0.15) is 5.75 Å². The molecule has 0 atom stereocenters. The highest BCUT2D eigenvalue weighted by Crippen LogP contribution is 2.26. The van der Waals surface area contributed by atoms with Crippen LogP contribution in [0.4, 0.5) is 10.5 Å². The maximum Gasteiger partial charge on any atom is 0.333 e. The number of halogens is 1. The molecule has 0 fully saturated rings. The van der Waals surface area contributed by atoms with Crippen LogP contribution in [0.3, 0.4) is 0 Å². The van der Waals surface area contributed by atoms with E-state index in [1.54, 1.807) is 24.3 Å². The molecule has 0 aliphatic heterocycles. The van der Waals surface area contributed by atoms with Crippen LogP contribution in [0.15, 0.2) is 53.4 Å². The molecule has 28 heavy (non-hydrogen) atoms. The zero-order valence-electron chi connectivity index (χ0n) is 14.9. The minimum Gasteiger partial charge on any atom is -0.495 e. The molecule has 150 valence electrons. The van der Waals surface area contributed by atoms with Gasteiger partial charge in [-0.2, -0.15) is 0 Å². The largest absolute Gasteiger partial charge is 0.495 e. The van der Waals surface area contributed by atoms with Gasteiger partial charge < -0.3 is 10.1 Å². The number of alkyl halides is 1. The van der Waals surface area contributed by atoms with E-state index in [-0.39, 0.29) is 28.6 Å². The number of amides is 3. The Morgan fingerprint density at radius 1 is 1.07 bits per heavy atom. The average Bonchev–Trinajstić information content (AvgIpc) is 2.70. The number of nitrogens with one attached hydrogen (secondary N) is 4. The summed E-state index contributed by atoms with van der Waals surface area (Å²) in [6, 6.07) is 11.2. The SMILES string of the molecule is COc1ccccc1NS(=O)(=O)c1cccc(C(=O)NNC(=O)NCCCl)c1. The predicted molar refractivity (Wildman–Crippen MR) is 105 cm³/mol. The van der Waals surface area contributed by atoms with Crippen LogP contribution in [0.1, 0.15) is 10.4 Å². The third kappa shape index (κ3) is 5.76. The van der Waals surface area contributed by atoms with Crippen molar-refractivity contribution in [3.05, 3.63) is 54.1 Å². The molecule has 2 rings (SSSR count). The van der Waals surface area contributed by atoms with Gasteiger partial charge in [-0.25, -0.2) is 18.6 Å². The lowest BCUT2D eigenvalue weighted by atomic mass is 10.2. The van der Waals surface area contributed by atoms with E-state index in [1.165, 1.54) is 31.4 Å². The monoisotopic (exact) mass is 426 g/mol. The molecule has 0 saturated heterocycles. The molecule has 0 aliphatic carbocycles. The Morgan fingerprint density at radius 2 is 1.82 bits per heavy atom. The normalized spacial score (nSPS) is 10.6. The molecule has 11 heteroatoms. The second kappa shape index (κ2) is 9.81. The smallest absolute Gasteiger partial charge is 0.333 e. The van der Waals surface area contributed by atoms with Crippen LogP contribution in [0.2, 0.25) is 0 Å². The van der Waals surface area contributed by atoms with Gasteiger partial charge >= 0.3 is 6.03 Å². The lowest BCUT2D eigenvalue weighted by Crippen LogP contribution is -2.47. The maximum absolute atomic E-state index is 12.6. The van der Waals surface area contributed by atoms with Crippen molar-refractivity contribution in [2.75, 3.05) is 24.3 Å². The summed E-state index contributed by atoms with van der Waals surface area (Å²) in [5.74, 6) is -0.108. The second-order valence-corrected chi connectivity index (χ2v) is 7.42. The molecule has 0 saturated carbocycles. The van der Waals surface area contributed by atoms with E-state index in [0.29, 0.717) is 5.75 Å². The van der Waals surface area contributed by atoms with Crippen LogP contribution >= 0.6 is 11.6 Å². The van der Waals surface area contributed by atoms with Crippen LogP contribution < -0.4 is 25.6 Å². The fourth-order valence-electron chi connectivity index (χ4n) is 2.13. The van der Waals surface area contributed by atoms with E-state index in [0.717, 1.165) is 0 Å². The van der Waals surface area contributed by atoms with Crippen LogP contribution in [0.5, 0.6) is 5.75 Å². The van der Waals surface area contributed by atoms with Gasteiger partial charge in [-0.3, -0.25) is 14.9 Å². The van der Waals surface area contributed by atoms with Gasteiger partial charge in [0.05, 0.1) is 17.7 Å². The highest BCUT2D eigenvalue weighted by molar-refractivity contribution is 7.92. The number of sulfonamides is 1. The van der Waals surface area contributed by atoms with E-state index < -0.39 is 22.0 Å².